The Hall–Kier alpha value is -0.330. The van der Waals surface area contributed by atoms with E-state index in [9.17, 15) is 4.79 Å². The fourth-order valence-corrected chi connectivity index (χ4v) is 4.23. The molecule has 1 unspecified atom stereocenters. The predicted molar refractivity (Wildman–Crippen MR) is 83.2 cm³/mol. The van der Waals surface area contributed by atoms with Gasteiger partial charge in [-0.25, -0.2) is 0 Å². The molecule has 19 heavy (non-hydrogen) atoms. The molecule has 0 aromatic rings. The van der Waals surface area contributed by atoms with Gasteiger partial charge in [-0.1, -0.05) is 47.5 Å². The number of Topliss-reactive ketones (excluding diaryl/α,β-unsaturated/α-hetero) is 1. The van der Waals surface area contributed by atoms with E-state index in [0.717, 1.165) is 31.1 Å². The van der Waals surface area contributed by atoms with Crippen molar-refractivity contribution >= 4 is 5.78 Å². The van der Waals surface area contributed by atoms with E-state index < -0.39 is 0 Å². The highest BCUT2D eigenvalue weighted by Gasteiger charge is 2.40. The van der Waals surface area contributed by atoms with Gasteiger partial charge in [-0.3, -0.25) is 4.79 Å². The lowest BCUT2D eigenvalue weighted by Gasteiger charge is -2.43. The maximum atomic E-state index is 12.2. The van der Waals surface area contributed by atoms with Crippen molar-refractivity contribution in [3.05, 3.63) is 0 Å². The SMILES string of the molecule is CCCCC1CC(CC(C)C)(CC(C)C)CCC1=O. The van der Waals surface area contributed by atoms with Crippen LogP contribution >= 0.6 is 0 Å². The summed E-state index contributed by atoms with van der Waals surface area (Å²) in [6, 6.07) is 0. The van der Waals surface area contributed by atoms with Gasteiger partial charge < -0.3 is 0 Å². The Morgan fingerprint density at radius 3 is 2.21 bits per heavy atom. The van der Waals surface area contributed by atoms with E-state index in [2.05, 4.69) is 34.6 Å². The Balaban J connectivity index is 2.76. The van der Waals surface area contributed by atoms with Crippen LogP contribution in [0.5, 0.6) is 0 Å². The third-order valence-corrected chi connectivity index (χ3v) is 4.63. The fraction of sp³-hybridized carbons (Fsp3) is 0.944. The van der Waals surface area contributed by atoms with Crippen LogP contribution in [-0.4, -0.2) is 5.78 Å². The summed E-state index contributed by atoms with van der Waals surface area (Å²) in [6.45, 7) is 11.6. The maximum absolute atomic E-state index is 12.2. The molecule has 0 aromatic carbocycles. The monoisotopic (exact) mass is 266 g/mol. The summed E-state index contributed by atoms with van der Waals surface area (Å²) in [4.78, 5) is 12.2. The second-order valence-corrected chi connectivity index (χ2v) is 7.71. The molecule has 1 aliphatic carbocycles. The third kappa shape index (κ3) is 5.28. The Kier molecular flexibility index (Phi) is 6.56. The summed E-state index contributed by atoms with van der Waals surface area (Å²) < 4.78 is 0. The van der Waals surface area contributed by atoms with E-state index in [1.54, 1.807) is 0 Å². The van der Waals surface area contributed by atoms with Gasteiger partial charge in [-0.15, -0.1) is 0 Å². The largest absolute Gasteiger partial charge is 0.299 e. The number of hydrogen-bond acceptors (Lipinski definition) is 1. The average Bonchev–Trinajstić information content (AvgIpc) is 2.29. The van der Waals surface area contributed by atoms with Crippen molar-refractivity contribution in [2.75, 3.05) is 0 Å². The van der Waals surface area contributed by atoms with Gasteiger partial charge in [-0.2, -0.15) is 0 Å². The molecule has 0 bridgehead atoms. The van der Waals surface area contributed by atoms with Gasteiger partial charge in [0.25, 0.3) is 0 Å². The van der Waals surface area contributed by atoms with Crippen LogP contribution in [0.2, 0.25) is 0 Å². The summed E-state index contributed by atoms with van der Waals surface area (Å²) in [7, 11) is 0. The van der Waals surface area contributed by atoms with Crippen molar-refractivity contribution in [2.45, 2.75) is 86.0 Å². The first-order valence-corrected chi connectivity index (χ1v) is 8.41. The first-order valence-electron chi connectivity index (χ1n) is 8.41. The van der Waals surface area contributed by atoms with Crippen LogP contribution < -0.4 is 0 Å². The molecule has 1 atom stereocenters. The lowest BCUT2D eigenvalue weighted by Crippen LogP contribution is -2.36. The number of carbonyl (C=O) groups excluding carboxylic acids is 1. The molecule has 112 valence electrons. The number of ketones is 1. The van der Waals surface area contributed by atoms with Crippen LogP contribution in [0.15, 0.2) is 0 Å². The van der Waals surface area contributed by atoms with E-state index in [1.807, 2.05) is 0 Å². The molecular formula is C18H34O. The third-order valence-electron chi connectivity index (χ3n) is 4.63. The van der Waals surface area contributed by atoms with Gasteiger partial charge in [-0.05, 0) is 49.4 Å². The van der Waals surface area contributed by atoms with Crippen LogP contribution in [0.4, 0.5) is 0 Å². The molecule has 1 fully saturated rings. The highest BCUT2D eigenvalue weighted by atomic mass is 16.1. The van der Waals surface area contributed by atoms with Crippen molar-refractivity contribution < 1.29 is 4.79 Å². The van der Waals surface area contributed by atoms with Gasteiger partial charge >= 0.3 is 0 Å². The Labute approximate surface area is 120 Å². The molecule has 0 amide bonds. The minimum Gasteiger partial charge on any atom is -0.299 e. The smallest absolute Gasteiger partial charge is 0.136 e. The minimum absolute atomic E-state index is 0.367. The van der Waals surface area contributed by atoms with Crippen LogP contribution in [0.25, 0.3) is 0 Å². The van der Waals surface area contributed by atoms with E-state index in [4.69, 9.17) is 0 Å². The molecule has 1 aliphatic rings. The van der Waals surface area contributed by atoms with Gasteiger partial charge in [0, 0.05) is 12.3 Å². The number of carbonyl (C=O) groups is 1. The molecule has 1 heteroatoms. The van der Waals surface area contributed by atoms with Crippen LogP contribution in [-0.2, 0) is 4.79 Å². The zero-order valence-electron chi connectivity index (χ0n) is 13.8. The Morgan fingerprint density at radius 1 is 1.16 bits per heavy atom. The minimum atomic E-state index is 0.367. The van der Waals surface area contributed by atoms with Crippen LogP contribution in [0.1, 0.15) is 86.0 Å². The molecule has 0 spiro atoms. The molecule has 0 saturated heterocycles. The molecule has 1 rings (SSSR count). The zero-order chi connectivity index (χ0) is 14.5. The Morgan fingerprint density at radius 2 is 1.74 bits per heavy atom. The second kappa shape index (κ2) is 7.45. The van der Waals surface area contributed by atoms with Crippen LogP contribution in [0, 0.1) is 23.2 Å². The quantitative estimate of drug-likeness (QED) is 0.584. The summed E-state index contributed by atoms with van der Waals surface area (Å²) >= 11 is 0. The van der Waals surface area contributed by atoms with Gasteiger partial charge in [0.2, 0.25) is 0 Å². The molecule has 0 radical (unpaired) electrons. The molecule has 1 saturated carbocycles. The van der Waals surface area contributed by atoms with Gasteiger partial charge in [0.05, 0.1) is 0 Å². The summed E-state index contributed by atoms with van der Waals surface area (Å²) in [6.07, 6.45) is 9.33. The standard InChI is InChI=1S/C18H34O/c1-6-7-8-16-13-18(11-14(2)3,12-15(4)5)10-9-17(16)19/h14-16H,6-13H2,1-5H3. The molecular weight excluding hydrogens is 232 g/mol. The molecule has 0 N–H and O–H groups in total. The number of unbranched alkanes of at least 4 members (excludes halogenated alkanes) is 1. The van der Waals surface area contributed by atoms with Crippen LogP contribution in [0.3, 0.4) is 0 Å². The van der Waals surface area contributed by atoms with Crippen molar-refractivity contribution in [1.29, 1.82) is 0 Å². The van der Waals surface area contributed by atoms with Gasteiger partial charge in [0.15, 0.2) is 0 Å². The Bertz CT molecular complexity index is 267. The number of hydrogen-bond donors (Lipinski definition) is 0. The first-order chi connectivity index (χ1) is 8.88. The first kappa shape index (κ1) is 16.7. The maximum Gasteiger partial charge on any atom is 0.136 e. The van der Waals surface area contributed by atoms with Crippen molar-refractivity contribution in [2.24, 2.45) is 23.2 Å². The van der Waals surface area contributed by atoms with Crippen molar-refractivity contribution in [3.63, 3.8) is 0 Å². The molecule has 0 aromatic heterocycles. The van der Waals surface area contributed by atoms with Gasteiger partial charge in [0.1, 0.15) is 5.78 Å². The summed E-state index contributed by atoms with van der Waals surface area (Å²) in [5.74, 6) is 2.42. The summed E-state index contributed by atoms with van der Waals surface area (Å²) in [5.41, 5.74) is 0.453. The molecule has 1 nitrogen and oxygen atoms in total. The zero-order valence-corrected chi connectivity index (χ0v) is 13.8. The van der Waals surface area contributed by atoms with E-state index in [0.29, 0.717) is 17.1 Å². The lowest BCUT2D eigenvalue weighted by molar-refractivity contribution is -0.128. The highest BCUT2D eigenvalue weighted by molar-refractivity contribution is 5.81. The molecule has 0 aliphatic heterocycles. The van der Waals surface area contributed by atoms with Crippen molar-refractivity contribution in [3.8, 4) is 0 Å². The van der Waals surface area contributed by atoms with Crippen molar-refractivity contribution in [1.82, 2.24) is 0 Å². The average molecular weight is 266 g/mol. The highest BCUT2D eigenvalue weighted by Crippen LogP contribution is 2.48. The lowest BCUT2D eigenvalue weighted by atomic mass is 9.61. The fourth-order valence-electron chi connectivity index (χ4n) is 4.23. The summed E-state index contributed by atoms with van der Waals surface area (Å²) in [5, 5.41) is 0. The molecule has 0 heterocycles. The van der Waals surface area contributed by atoms with E-state index in [1.165, 1.54) is 32.1 Å². The topological polar surface area (TPSA) is 17.1 Å². The van der Waals surface area contributed by atoms with E-state index in [-0.39, 0.29) is 0 Å². The predicted octanol–water partition coefficient (Wildman–Crippen LogP) is 5.62. The second-order valence-electron chi connectivity index (χ2n) is 7.71. The normalized spacial score (nSPS) is 23.3. The number of rotatable bonds is 7. The van der Waals surface area contributed by atoms with E-state index >= 15 is 0 Å².